The van der Waals surface area contributed by atoms with Gasteiger partial charge in [0.15, 0.2) is 0 Å². The lowest BCUT2D eigenvalue weighted by atomic mass is 9.74. The summed E-state index contributed by atoms with van der Waals surface area (Å²) in [6.45, 7) is 7.04. The quantitative estimate of drug-likeness (QED) is 0.403. The van der Waals surface area contributed by atoms with Gasteiger partial charge >= 0.3 is 0 Å². The third-order valence-corrected chi connectivity index (χ3v) is 7.82. The lowest BCUT2D eigenvalue weighted by Crippen LogP contribution is -2.30. The van der Waals surface area contributed by atoms with Crippen LogP contribution in [0, 0.1) is 0 Å². The molecule has 1 heteroatoms. The molecule has 1 nitrogen and oxygen atoms in total. The van der Waals surface area contributed by atoms with E-state index in [1.54, 1.807) is 0 Å². The lowest BCUT2D eigenvalue weighted by molar-refractivity contribution is 0.621. The second-order valence-corrected chi connectivity index (χ2v) is 10.1. The average Bonchev–Trinajstić information content (AvgIpc) is 3.18. The van der Waals surface area contributed by atoms with Crippen molar-refractivity contribution in [3.63, 3.8) is 0 Å². The molecule has 0 saturated carbocycles. The minimum atomic E-state index is -0.0672. The molecule has 0 saturated heterocycles. The van der Waals surface area contributed by atoms with Crippen LogP contribution in [0.2, 0.25) is 0 Å². The van der Waals surface area contributed by atoms with E-state index in [-0.39, 0.29) is 5.41 Å². The first-order valence-electron chi connectivity index (χ1n) is 12.3. The summed E-state index contributed by atoms with van der Waals surface area (Å²) in [6.07, 6.45) is 23.2. The van der Waals surface area contributed by atoms with Crippen molar-refractivity contribution in [1.29, 1.82) is 0 Å². The molecule has 3 aromatic rings. The van der Waals surface area contributed by atoms with E-state index in [9.17, 15) is 0 Å². The van der Waals surface area contributed by atoms with Crippen LogP contribution < -0.4 is 10.6 Å². The van der Waals surface area contributed by atoms with Crippen LogP contribution >= 0.6 is 0 Å². The average molecular weight is 430 g/mol. The Kier molecular flexibility index (Phi) is 4.69. The standard InChI is InChI=1S/C32H31N/c1-22-19-26(33-30-17-8-6-15-27(30)28-16-7-9-18-31(28)33)14-10-13-25-20-23-11-4-5-12-24(23)21-29(25)32(22,2)3/h5-6,8,10,12-21H,4,7,9,11H2,1-3H3/b13-10+,22-19+,26-14+. The van der Waals surface area contributed by atoms with E-state index < -0.39 is 0 Å². The van der Waals surface area contributed by atoms with Crippen LogP contribution in [0.1, 0.15) is 62.3 Å². The number of aromatic nitrogens is 1. The van der Waals surface area contributed by atoms with Crippen LogP contribution in [0.5, 0.6) is 0 Å². The van der Waals surface area contributed by atoms with Gasteiger partial charge in [-0.1, -0.05) is 86.2 Å². The van der Waals surface area contributed by atoms with Crippen molar-refractivity contribution in [1.82, 2.24) is 4.57 Å². The van der Waals surface area contributed by atoms with E-state index in [2.05, 4.69) is 110 Å². The largest absolute Gasteiger partial charge is 0.310 e. The Labute approximate surface area is 196 Å². The third-order valence-electron chi connectivity index (χ3n) is 7.82. The van der Waals surface area contributed by atoms with Crippen molar-refractivity contribution >= 4 is 40.9 Å². The topological polar surface area (TPSA) is 4.93 Å². The Balaban J connectivity index is 1.60. The highest BCUT2D eigenvalue weighted by Gasteiger charge is 2.27. The number of nitrogens with zero attached hydrogens (tertiary/aromatic N) is 1. The summed E-state index contributed by atoms with van der Waals surface area (Å²) in [6, 6.07) is 13.7. The molecule has 6 rings (SSSR count). The van der Waals surface area contributed by atoms with Crippen molar-refractivity contribution in [2.24, 2.45) is 0 Å². The van der Waals surface area contributed by atoms with Crippen molar-refractivity contribution in [2.75, 3.05) is 0 Å². The van der Waals surface area contributed by atoms with Gasteiger partial charge in [0, 0.05) is 27.1 Å². The van der Waals surface area contributed by atoms with Crippen molar-refractivity contribution in [3.8, 4) is 0 Å². The van der Waals surface area contributed by atoms with Gasteiger partial charge in [0.25, 0.3) is 0 Å². The molecule has 1 aromatic heterocycles. The predicted molar refractivity (Wildman–Crippen MR) is 143 cm³/mol. The molecule has 0 spiro atoms. The molecule has 1 heterocycles. The second kappa shape index (κ2) is 7.63. The lowest BCUT2D eigenvalue weighted by Gasteiger charge is -2.30. The van der Waals surface area contributed by atoms with Crippen LogP contribution in [0.15, 0.2) is 66.3 Å². The molecule has 0 amide bonds. The van der Waals surface area contributed by atoms with E-state index in [1.807, 2.05) is 0 Å². The molecular weight excluding hydrogens is 398 g/mol. The fraction of sp³-hybridized carbons (Fsp3) is 0.250. The van der Waals surface area contributed by atoms with Crippen LogP contribution in [0.25, 0.3) is 40.9 Å². The summed E-state index contributed by atoms with van der Waals surface area (Å²) in [7, 11) is 0. The number of hydrogen-bond donors (Lipinski definition) is 0. The minimum Gasteiger partial charge on any atom is -0.310 e. The highest BCUT2D eigenvalue weighted by atomic mass is 15.0. The molecule has 0 unspecified atom stereocenters. The van der Waals surface area contributed by atoms with Crippen LogP contribution in [-0.2, 0) is 11.8 Å². The number of fused-ring (bicyclic) bond motifs is 5. The summed E-state index contributed by atoms with van der Waals surface area (Å²) in [4.78, 5) is 0. The molecule has 0 atom stereocenters. The smallest absolute Gasteiger partial charge is 0.0540 e. The van der Waals surface area contributed by atoms with E-state index in [1.165, 1.54) is 55.0 Å². The van der Waals surface area contributed by atoms with Crippen LogP contribution in [0.3, 0.4) is 0 Å². The van der Waals surface area contributed by atoms with Gasteiger partial charge < -0.3 is 4.57 Å². The number of hydrogen-bond acceptors (Lipinski definition) is 0. The van der Waals surface area contributed by atoms with E-state index in [0.717, 1.165) is 25.7 Å². The fourth-order valence-electron chi connectivity index (χ4n) is 5.66. The Bertz CT molecular complexity index is 1530. The van der Waals surface area contributed by atoms with Gasteiger partial charge in [0.1, 0.15) is 0 Å². The van der Waals surface area contributed by atoms with Gasteiger partial charge in [-0.3, -0.25) is 0 Å². The van der Waals surface area contributed by atoms with E-state index >= 15 is 0 Å². The maximum atomic E-state index is 2.47. The summed E-state index contributed by atoms with van der Waals surface area (Å²) < 4.78 is 2.47. The fourth-order valence-corrected chi connectivity index (χ4v) is 5.66. The zero-order valence-electron chi connectivity index (χ0n) is 19.9. The summed E-state index contributed by atoms with van der Waals surface area (Å²) >= 11 is 0. The van der Waals surface area contributed by atoms with E-state index in [4.69, 9.17) is 0 Å². The highest BCUT2D eigenvalue weighted by molar-refractivity contribution is 5.87. The molecule has 0 bridgehead atoms. The Morgan fingerprint density at radius 1 is 0.909 bits per heavy atom. The number of para-hydroxylation sites is 1. The molecule has 33 heavy (non-hydrogen) atoms. The zero-order valence-corrected chi connectivity index (χ0v) is 19.9. The van der Waals surface area contributed by atoms with Crippen molar-refractivity contribution in [2.45, 2.75) is 51.9 Å². The molecule has 2 aromatic carbocycles. The van der Waals surface area contributed by atoms with E-state index in [0.29, 0.717) is 0 Å². The highest BCUT2D eigenvalue weighted by Crippen LogP contribution is 2.38. The Morgan fingerprint density at radius 3 is 2.67 bits per heavy atom. The molecule has 0 N–H and O–H groups in total. The van der Waals surface area contributed by atoms with Gasteiger partial charge in [-0.15, -0.1) is 0 Å². The normalized spacial score (nSPS) is 22.6. The van der Waals surface area contributed by atoms with Gasteiger partial charge in [-0.05, 0) is 73.1 Å². The molecule has 0 radical (unpaired) electrons. The Hall–Kier alpha value is -3.32. The third kappa shape index (κ3) is 3.22. The molecule has 3 aliphatic carbocycles. The SMILES string of the molecule is C\C1=C/C(n2c3c(c4ccccc42)=CCCC=3)=C\C=C\c2cc3c(cc2C1(C)C)C=CCC3. The first kappa shape index (κ1) is 20.3. The molecule has 0 aliphatic heterocycles. The first-order valence-corrected chi connectivity index (χ1v) is 12.3. The van der Waals surface area contributed by atoms with Gasteiger partial charge in [0.05, 0.1) is 5.52 Å². The van der Waals surface area contributed by atoms with Gasteiger partial charge in [-0.2, -0.15) is 0 Å². The van der Waals surface area contributed by atoms with Crippen LogP contribution in [-0.4, -0.2) is 4.57 Å². The summed E-state index contributed by atoms with van der Waals surface area (Å²) in [5.41, 5.74) is 9.45. The molecule has 164 valence electrons. The monoisotopic (exact) mass is 429 g/mol. The summed E-state index contributed by atoms with van der Waals surface area (Å²) in [5.74, 6) is 0. The second-order valence-electron chi connectivity index (χ2n) is 10.1. The Morgan fingerprint density at radius 2 is 1.76 bits per heavy atom. The zero-order chi connectivity index (χ0) is 22.6. The van der Waals surface area contributed by atoms with Crippen molar-refractivity contribution in [3.05, 3.63) is 99.1 Å². The maximum absolute atomic E-state index is 2.47. The number of aryl methyl sites for hydroxylation is 1. The van der Waals surface area contributed by atoms with Gasteiger partial charge in [0.2, 0.25) is 0 Å². The molecule has 3 aliphatic rings. The van der Waals surface area contributed by atoms with Crippen LogP contribution in [0.4, 0.5) is 0 Å². The van der Waals surface area contributed by atoms with Gasteiger partial charge in [-0.25, -0.2) is 0 Å². The molecular formula is C32H31N. The maximum Gasteiger partial charge on any atom is 0.0540 e. The predicted octanol–water partition coefficient (Wildman–Crippen LogP) is 6.75. The van der Waals surface area contributed by atoms with Crippen molar-refractivity contribution < 1.29 is 0 Å². The summed E-state index contributed by atoms with van der Waals surface area (Å²) in [5, 5.41) is 4.07. The number of allylic oxidation sites excluding steroid dienone is 6. The first-order chi connectivity index (χ1) is 16.0. The molecule has 0 fully saturated rings. The number of benzene rings is 2. The minimum absolute atomic E-state index is 0.0672. The number of rotatable bonds is 1.